The molecule has 1 saturated heterocycles. The minimum absolute atomic E-state index is 0. The van der Waals surface area contributed by atoms with Crippen molar-refractivity contribution in [1.29, 1.82) is 0 Å². The van der Waals surface area contributed by atoms with Gasteiger partial charge in [0.25, 0.3) is 5.91 Å². The molecule has 2 aromatic rings. The number of guanidine groups is 1. The normalized spacial score (nSPS) is 15.8. The van der Waals surface area contributed by atoms with E-state index >= 15 is 0 Å². The molecule has 6 nitrogen and oxygen atoms in total. The third-order valence-corrected chi connectivity index (χ3v) is 6.36. The average Bonchev–Trinajstić information content (AvgIpc) is 3.27. The summed E-state index contributed by atoms with van der Waals surface area (Å²) in [6.45, 7) is 5.23. The maximum Gasteiger partial charge on any atom is 0.257 e. The highest BCUT2D eigenvalue weighted by atomic mass is 127. The van der Waals surface area contributed by atoms with E-state index in [9.17, 15) is 4.79 Å². The molecule has 1 heterocycles. The topological polar surface area (TPSA) is 66.0 Å². The third kappa shape index (κ3) is 8.54. The molecule has 0 bridgehead atoms. The van der Waals surface area contributed by atoms with Gasteiger partial charge < -0.3 is 20.3 Å². The summed E-state index contributed by atoms with van der Waals surface area (Å²) in [5.74, 6) is 3.30. The highest BCUT2D eigenvalue weighted by Crippen LogP contribution is 2.26. The molecule has 3 rings (SSSR count). The van der Waals surface area contributed by atoms with Crippen LogP contribution in [0.25, 0.3) is 0 Å². The predicted molar refractivity (Wildman–Crippen MR) is 143 cm³/mol. The maximum absolute atomic E-state index is 11.6. The maximum atomic E-state index is 11.6. The van der Waals surface area contributed by atoms with Crippen LogP contribution in [0, 0.1) is 5.92 Å². The fourth-order valence-corrected chi connectivity index (χ4v) is 4.60. The number of amides is 1. The molecule has 8 heteroatoms. The van der Waals surface area contributed by atoms with E-state index in [1.165, 1.54) is 11.3 Å². The Morgan fingerprint density at radius 3 is 2.75 bits per heavy atom. The standard InChI is InChI=1S/C24H32N4O2S.HI/c1-3-26-23(29)17-30-21-9-7-8-19(14-21)15-27-24(25-2)28-13-12-20(16-28)18-31-22-10-5-4-6-11-22;/h4-11,14,20H,3,12-13,15-18H2,1-2H3,(H,25,27)(H,26,29);1H. The molecule has 1 unspecified atom stereocenters. The van der Waals surface area contributed by atoms with Crippen LogP contribution in [0.2, 0.25) is 0 Å². The summed E-state index contributed by atoms with van der Waals surface area (Å²) in [6, 6.07) is 18.4. The quantitative estimate of drug-likeness (QED) is 0.207. The number of likely N-dealkylation sites (tertiary alicyclic amines) is 1. The number of halogens is 1. The average molecular weight is 569 g/mol. The van der Waals surface area contributed by atoms with Gasteiger partial charge in [0.2, 0.25) is 0 Å². The molecule has 1 aliphatic heterocycles. The number of carbonyl (C=O) groups excluding carboxylic acids is 1. The van der Waals surface area contributed by atoms with Crippen LogP contribution in [0.1, 0.15) is 18.9 Å². The van der Waals surface area contributed by atoms with Gasteiger partial charge in [0.05, 0.1) is 0 Å². The number of hydrogen-bond acceptors (Lipinski definition) is 4. The largest absolute Gasteiger partial charge is 0.484 e. The van der Waals surface area contributed by atoms with E-state index in [0.717, 1.165) is 30.4 Å². The lowest BCUT2D eigenvalue weighted by Crippen LogP contribution is -2.39. The monoisotopic (exact) mass is 568 g/mol. The van der Waals surface area contributed by atoms with Crippen LogP contribution in [0.4, 0.5) is 0 Å². The molecular formula is C24H33IN4O2S. The molecule has 1 fully saturated rings. The first-order valence-corrected chi connectivity index (χ1v) is 11.8. The number of benzene rings is 2. The highest BCUT2D eigenvalue weighted by molar-refractivity contribution is 14.0. The molecule has 1 atom stereocenters. The van der Waals surface area contributed by atoms with Gasteiger partial charge in [-0.1, -0.05) is 30.3 Å². The Kier molecular flexibility index (Phi) is 11.7. The number of nitrogens with one attached hydrogen (secondary N) is 2. The second-order valence-corrected chi connectivity index (χ2v) is 8.61. The number of aliphatic imine (C=N–C) groups is 1. The Bertz CT molecular complexity index is 866. The molecule has 2 aromatic carbocycles. The first kappa shape index (κ1) is 26.3. The van der Waals surface area contributed by atoms with Gasteiger partial charge in [0, 0.05) is 43.9 Å². The molecule has 2 N–H and O–H groups in total. The predicted octanol–water partition coefficient (Wildman–Crippen LogP) is 4.01. The molecule has 0 radical (unpaired) electrons. The number of nitrogens with zero attached hydrogens (tertiary/aromatic N) is 2. The van der Waals surface area contributed by atoms with Gasteiger partial charge in [0.1, 0.15) is 5.75 Å². The van der Waals surface area contributed by atoms with Crippen molar-refractivity contribution in [3.8, 4) is 5.75 Å². The first-order chi connectivity index (χ1) is 15.2. The van der Waals surface area contributed by atoms with E-state index in [2.05, 4.69) is 50.9 Å². The zero-order valence-electron chi connectivity index (χ0n) is 18.8. The summed E-state index contributed by atoms with van der Waals surface area (Å²) in [5, 5.41) is 6.20. The van der Waals surface area contributed by atoms with E-state index in [1.54, 1.807) is 0 Å². The second kappa shape index (κ2) is 14.3. The molecule has 174 valence electrons. The van der Waals surface area contributed by atoms with Crippen molar-refractivity contribution in [2.45, 2.75) is 24.8 Å². The summed E-state index contributed by atoms with van der Waals surface area (Å²) in [4.78, 5) is 19.7. The van der Waals surface area contributed by atoms with Crippen LogP contribution in [0.3, 0.4) is 0 Å². The van der Waals surface area contributed by atoms with Crippen LogP contribution in [0.15, 0.2) is 64.5 Å². The van der Waals surface area contributed by atoms with Crippen molar-refractivity contribution >= 4 is 47.6 Å². The summed E-state index contributed by atoms with van der Waals surface area (Å²) in [7, 11) is 1.83. The smallest absolute Gasteiger partial charge is 0.257 e. The van der Waals surface area contributed by atoms with E-state index < -0.39 is 0 Å². The van der Waals surface area contributed by atoms with Crippen molar-refractivity contribution in [1.82, 2.24) is 15.5 Å². The van der Waals surface area contributed by atoms with E-state index in [0.29, 0.717) is 24.8 Å². The molecule has 1 aliphatic rings. The zero-order chi connectivity index (χ0) is 21.9. The minimum atomic E-state index is -0.111. The molecule has 0 spiro atoms. The van der Waals surface area contributed by atoms with Gasteiger partial charge in [-0.3, -0.25) is 9.79 Å². The van der Waals surface area contributed by atoms with Crippen molar-refractivity contribution in [3.63, 3.8) is 0 Å². The lowest BCUT2D eigenvalue weighted by atomic mass is 10.2. The third-order valence-electron chi connectivity index (χ3n) is 5.12. The van der Waals surface area contributed by atoms with Crippen molar-refractivity contribution in [2.24, 2.45) is 10.9 Å². The second-order valence-electron chi connectivity index (χ2n) is 7.52. The number of rotatable bonds is 9. The van der Waals surface area contributed by atoms with E-state index in [4.69, 9.17) is 4.74 Å². The van der Waals surface area contributed by atoms with E-state index in [1.807, 2.05) is 50.0 Å². The van der Waals surface area contributed by atoms with Gasteiger partial charge in [-0.05, 0) is 49.1 Å². The summed E-state index contributed by atoms with van der Waals surface area (Å²) >= 11 is 1.93. The van der Waals surface area contributed by atoms with Crippen LogP contribution < -0.4 is 15.4 Å². The van der Waals surface area contributed by atoms with Gasteiger partial charge >= 0.3 is 0 Å². The Balaban J connectivity index is 0.00000363. The number of ether oxygens (including phenoxy) is 1. The zero-order valence-corrected chi connectivity index (χ0v) is 21.9. The lowest BCUT2D eigenvalue weighted by Gasteiger charge is -2.22. The number of thioether (sulfide) groups is 1. The number of likely N-dealkylation sites (N-methyl/N-ethyl adjacent to an activating group) is 1. The van der Waals surface area contributed by atoms with Crippen molar-refractivity contribution < 1.29 is 9.53 Å². The number of carbonyl (C=O) groups is 1. The fraction of sp³-hybridized carbons (Fsp3) is 0.417. The van der Waals surface area contributed by atoms with Crippen LogP contribution in [0.5, 0.6) is 5.75 Å². The Morgan fingerprint density at radius 2 is 2.00 bits per heavy atom. The summed E-state index contributed by atoms with van der Waals surface area (Å²) < 4.78 is 5.59. The van der Waals surface area contributed by atoms with Gasteiger partial charge in [-0.15, -0.1) is 35.7 Å². The molecule has 1 amide bonds. The van der Waals surface area contributed by atoms with Crippen molar-refractivity contribution in [2.75, 3.05) is 39.0 Å². The van der Waals surface area contributed by atoms with Crippen LogP contribution in [-0.4, -0.2) is 55.8 Å². The Morgan fingerprint density at radius 1 is 1.19 bits per heavy atom. The van der Waals surface area contributed by atoms with Gasteiger partial charge in [0.15, 0.2) is 12.6 Å². The van der Waals surface area contributed by atoms with Crippen molar-refractivity contribution in [3.05, 3.63) is 60.2 Å². The SMILES string of the molecule is CCNC(=O)COc1cccc(CNC(=NC)N2CCC(CSc3ccccc3)C2)c1.I. The first-order valence-electron chi connectivity index (χ1n) is 10.8. The fourth-order valence-electron chi connectivity index (χ4n) is 3.55. The van der Waals surface area contributed by atoms with Crippen LogP contribution in [-0.2, 0) is 11.3 Å². The summed E-state index contributed by atoms with van der Waals surface area (Å²) in [5.41, 5.74) is 1.09. The van der Waals surface area contributed by atoms with Gasteiger partial charge in [-0.25, -0.2) is 0 Å². The lowest BCUT2D eigenvalue weighted by molar-refractivity contribution is -0.122. The molecule has 32 heavy (non-hydrogen) atoms. The molecule has 0 aliphatic carbocycles. The van der Waals surface area contributed by atoms with Crippen LogP contribution >= 0.6 is 35.7 Å². The van der Waals surface area contributed by atoms with Gasteiger partial charge in [-0.2, -0.15) is 0 Å². The Hall–Kier alpha value is -1.94. The molecule has 0 saturated carbocycles. The minimum Gasteiger partial charge on any atom is -0.484 e. The highest BCUT2D eigenvalue weighted by Gasteiger charge is 2.24. The summed E-state index contributed by atoms with van der Waals surface area (Å²) in [6.07, 6.45) is 1.18. The van der Waals surface area contributed by atoms with E-state index in [-0.39, 0.29) is 36.5 Å². The number of hydrogen-bond donors (Lipinski definition) is 2. The Labute approximate surface area is 212 Å². The molecule has 0 aromatic heterocycles. The molecular weight excluding hydrogens is 535 g/mol.